The summed E-state index contributed by atoms with van der Waals surface area (Å²) >= 11 is 0. The van der Waals surface area contributed by atoms with Gasteiger partial charge in [0.05, 0.1) is 12.7 Å². The normalized spacial score (nSPS) is 18.0. The molecule has 2 N–H and O–H groups in total. The van der Waals surface area contributed by atoms with Gasteiger partial charge < -0.3 is 19.9 Å². The SMILES string of the molecule is COc1cc([C@@H](C)NCC[C@H]2C[C@@H](c3ccc(C)c(C(=O)O)c3)c3ccccc3O2)ccc1F. The lowest BCUT2D eigenvalue weighted by molar-refractivity contribution is 0.0696. The van der Waals surface area contributed by atoms with Crippen molar-refractivity contribution in [1.82, 2.24) is 5.32 Å². The van der Waals surface area contributed by atoms with Crippen molar-refractivity contribution in [2.75, 3.05) is 13.7 Å². The highest BCUT2D eigenvalue weighted by Crippen LogP contribution is 2.41. The molecule has 0 fully saturated rings. The molecule has 3 aromatic carbocycles. The van der Waals surface area contributed by atoms with E-state index in [2.05, 4.69) is 11.4 Å². The highest BCUT2D eigenvalue weighted by atomic mass is 19.1. The highest BCUT2D eigenvalue weighted by Gasteiger charge is 2.29. The van der Waals surface area contributed by atoms with E-state index in [9.17, 15) is 14.3 Å². The summed E-state index contributed by atoms with van der Waals surface area (Å²) in [6, 6.07) is 18.6. The van der Waals surface area contributed by atoms with Gasteiger partial charge in [-0.2, -0.15) is 0 Å². The van der Waals surface area contributed by atoms with Crippen LogP contribution < -0.4 is 14.8 Å². The number of halogens is 1. The topological polar surface area (TPSA) is 67.8 Å². The molecular formula is C28H30FNO4. The smallest absolute Gasteiger partial charge is 0.335 e. The summed E-state index contributed by atoms with van der Waals surface area (Å²) in [6.45, 7) is 4.57. The zero-order valence-corrected chi connectivity index (χ0v) is 19.7. The predicted molar refractivity (Wildman–Crippen MR) is 129 cm³/mol. The number of aryl methyl sites for hydroxylation is 1. The fraction of sp³-hybridized carbons (Fsp3) is 0.321. The first-order valence-electron chi connectivity index (χ1n) is 11.5. The lowest BCUT2D eigenvalue weighted by Crippen LogP contribution is -2.31. The van der Waals surface area contributed by atoms with Crippen molar-refractivity contribution in [3.05, 3.63) is 94.3 Å². The third-order valence-electron chi connectivity index (χ3n) is 6.57. The van der Waals surface area contributed by atoms with E-state index in [1.54, 1.807) is 18.2 Å². The van der Waals surface area contributed by atoms with Crippen LogP contribution in [0.15, 0.2) is 60.7 Å². The average molecular weight is 464 g/mol. The van der Waals surface area contributed by atoms with Crippen molar-refractivity contribution >= 4 is 5.97 Å². The number of para-hydroxylation sites is 1. The summed E-state index contributed by atoms with van der Waals surface area (Å²) in [7, 11) is 1.46. The monoisotopic (exact) mass is 463 g/mol. The Morgan fingerprint density at radius 1 is 1.21 bits per heavy atom. The third-order valence-corrected chi connectivity index (χ3v) is 6.57. The van der Waals surface area contributed by atoms with Crippen molar-refractivity contribution in [3.8, 4) is 11.5 Å². The number of aromatic carboxylic acids is 1. The molecule has 0 unspecified atom stereocenters. The van der Waals surface area contributed by atoms with E-state index in [1.165, 1.54) is 13.2 Å². The molecule has 4 rings (SSSR count). The van der Waals surface area contributed by atoms with E-state index in [0.717, 1.165) is 40.8 Å². The summed E-state index contributed by atoms with van der Waals surface area (Å²) < 4.78 is 25.1. The largest absolute Gasteiger partial charge is 0.494 e. The average Bonchev–Trinajstić information content (AvgIpc) is 2.84. The van der Waals surface area contributed by atoms with Crippen LogP contribution in [0.4, 0.5) is 4.39 Å². The van der Waals surface area contributed by atoms with Gasteiger partial charge in [0, 0.05) is 17.5 Å². The van der Waals surface area contributed by atoms with Crippen LogP contribution in [0.3, 0.4) is 0 Å². The first-order chi connectivity index (χ1) is 16.4. The number of carboxylic acids is 1. The number of nitrogens with one attached hydrogen (secondary N) is 1. The maximum absolute atomic E-state index is 13.7. The summed E-state index contributed by atoms with van der Waals surface area (Å²) in [4.78, 5) is 11.7. The van der Waals surface area contributed by atoms with Crippen molar-refractivity contribution in [3.63, 3.8) is 0 Å². The Hall–Kier alpha value is -3.38. The molecule has 0 saturated carbocycles. The Kier molecular flexibility index (Phi) is 7.17. The Morgan fingerprint density at radius 2 is 2.00 bits per heavy atom. The van der Waals surface area contributed by atoms with E-state index >= 15 is 0 Å². The van der Waals surface area contributed by atoms with E-state index in [-0.39, 0.29) is 29.6 Å². The summed E-state index contributed by atoms with van der Waals surface area (Å²) in [5.41, 5.74) is 4.11. The van der Waals surface area contributed by atoms with Gasteiger partial charge in [0.25, 0.3) is 0 Å². The Bertz CT molecular complexity index is 1180. The van der Waals surface area contributed by atoms with Gasteiger partial charge in [-0.1, -0.05) is 36.4 Å². The number of carbonyl (C=O) groups is 1. The first-order valence-corrected chi connectivity index (χ1v) is 11.5. The van der Waals surface area contributed by atoms with Crippen LogP contribution in [-0.2, 0) is 0 Å². The molecule has 6 heteroatoms. The maximum Gasteiger partial charge on any atom is 0.335 e. The van der Waals surface area contributed by atoms with Crippen LogP contribution in [0, 0.1) is 12.7 Å². The molecular weight excluding hydrogens is 433 g/mol. The van der Waals surface area contributed by atoms with Crippen molar-refractivity contribution < 1.29 is 23.8 Å². The molecule has 3 aromatic rings. The fourth-order valence-electron chi connectivity index (χ4n) is 4.60. The number of benzene rings is 3. The van der Waals surface area contributed by atoms with Gasteiger partial charge in [-0.3, -0.25) is 0 Å². The molecule has 0 aliphatic carbocycles. The zero-order chi connectivity index (χ0) is 24.2. The molecule has 0 saturated heterocycles. The second-order valence-corrected chi connectivity index (χ2v) is 8.80. The fourth-order valence-corrected chi connectivity index (χ4v) is 4.60. The number of methoxy groups -OCH3 is 1. The van der Waals surface area contributed by atoms with E-state index in [1.807, 2.05) is 44.2 Å². The zero-order valence-electron chi connectivity index (χ0n) is 19.7. The van der Waals surface area contributed by atoms with Crippen LogP contribution in [0.1, 0.15) is 64.3 Å². The number of hydrogen-bond acceptors (Lipinski definition) is 4. The lowest BCUT2D eigenvalue weighted by atomic mass is 9.82. The van der Waals surface area contributed by atoms with E-state index < -0.39 is 5.97 Å². The number of fused-ring (bicyclic) bond motifs is 1. The molecule has 5 nitrogen and oxygen atoms in total. The molecule has 1 aliphatic rings. The second kappa shape index (κ2) is 10.3. The number of carboxylic acid groups (broad SMARTS) is 1. The highest BCUT2D eigenvalue weighted by molar-refractivity contribution is 5.89. The van der Waals surface area contributed by atoms with Gasteiger partial charge in [0.15, 0.2) is 11.6 Å². The van der Waals surface area contributed by atoms with Crippen LogP contribution in [-0.4, -0.2) is 30.8 Å². The summed E-state index contributed by atoms with van der Waals surface area (Å²) in [6.07, 6.45) is 1.53. The molecule has 0 bridgehead atoms. The van der Waals surface area contributed by atoms with Crippen molar-refractivity contribution in [2.45, 2.75) is 44.8 Å². The van der Waals surface area contributed by atoms with Crippen LogP contribution in [0.5, 0.6) is 11.5 Å². The van der Waals surface area contributed by atoms with Gasteiger partial charge in [0.2, 0.25) is 0 Å². The number of ether oxygens (including phenoxy) is 2. The molecule has 0 spiro atoms. The molecule has 178 valence electrons. The third kappa shape index (κ3) is 5.07. The van der Waals surface area contributed by atoms with Gasteiger partial charge in [0.1, 0.15) is 11.9 Å². The van der Waals surface area contributed by atoms with Crippen molar-refractivity contribution in [2.24, 2.45) is 0 Å². The molecule has 1 heterocycles. The van der Waals surface area contributed by atoms with Gasteiger partial charge in [-0.05, 0) is 74.2 Å². The predicted octanol–water partition coefficient (Wildman–Crippen LogP) is 5.86. The summed E-state index contributed by atoms with van der Waals surface area (Å²) in [5, 5.41) is 13.1. The Labute approximate surface area is 199 Å². The molecule has 0 amide bonds. The maximum atomic E-state index is 13.7. The van der Waals surface area contributed by atoms with Crippen LogP contribution >= 0.6 is 0 Å². The van der Waals surface area contributed by atoms with Gasteiger partial charge in [-0.25, -0.2) is 9.18 Å². The van der Waals surface area contributed by atoms with Gasteiger partial charge in [-0.15, -0.1) is 0 Å². The quantitative estimate of drug-likeness (QED) is 0.438. The lowest BCUT2D eigenvalue weighted by Gasteiger charge is -2.33. The molecule has 0 aromatic heterocycles. The van der Waals surface area contributed by atoms with E-state index in [4.69, 9.17) is 9.47 Å². The Balaban J connectivity index is 1.47. The van der Waals surface area contributed by atoms with Crippen molar-refractivity contribution in [1.29, 1.82) is 0 Å². The number of rotatable bonds is 8. The molecule has 1 aliphatic heterocycles. The molecule has 3 atom stereocenters. The summed E-state index contributed by atoms with van der Waals surface area (Å²) in [5.74, 6) is -0.141. The minimum absolute atomic E-state index is 0.0167. The number of hydrogen-bond donors (Lipinski definition) is 2. The molecule has 0 radical (unpaired) electrons. The minimum Gasteiger partial charge on any atom is -0.494 e. The van der Waals surface area contributed by atoms with Gasteiger partial charge >= 0.3 is 5.97 Å². The first kappa shape index (κ1) is 23.8. The molecule has 34 heavy (non-hydrogen) atoms. The second-order valence-electron chi connectivity index (χ2n) is 8.80. The standard InChI is InChI=1S/C28H30FNO4/c1-17-8-9-20(14-23(17)28(31)32)24-16-21(34-26-7-5-4-6-22(24)26)12-13-30-18(2)19-10-11-25(29)27(15-19)33-3/h4-11,14-15,18,21,24,30H,12-13,16H2,1-3H3,(H,31,32)/t18-,21+,24+/m1/s1. The minimum atomic E-state index is -0.910. The van der Waals surface area contributed by atoms with Crippen LogP contribution in [0.25, 0.3) is 0 Å². The Morgan fingerprint density at radius 3 is 2.76 bits per heavy atom. The van der Waals surface area contributed by atoms with E-state index in [0.29, 0.717) is 12.1 Å². The van der Waals surface area contributed by atoms with Crippen LogP contribution in [0.2, 0.25) is 0 Å².